The topological polar surface area (TPSA) is 29.0 Å². The first-order chi connectivity index (χ1) is 9.13. The van der Waals surface area contributed by atoms with Gasteiger partial charge in [-0.3, -0.25) is 0 Å². The highest BCUT2D eigenvalue weighted by molar-refractivity contribution is 6.30. The van der Waals surface area contributed by atoms with Crippen molar-refractivity contribution >= 4 is 17.4 Å². The summed E-state index contributed by atoms with van der Waals surface area (Å²) in [6.07, 6.45) is 2.16. The second kappa shape index (κ2) is 5.97. The van der Waals surface area contributed by atoms with Crippen LogP contribution < -0.4 is 4.90 Å². The molecule has 1 aromatic heterocycles. The monoisotopic (exact) mass is 279 g/mol. The third-order valence-electron chi connectivity index (χ3n) is 2.95. The van der Waals surface area contributed by atoms with Gasteiger partial charge in [-0.15, -0.1) is 0 Å². The van der Waals surface area contributed by atoms with Gasteiger partial charge in [-0.05, 0) is 12.5 Å². The van der Waals surface area contributed by atoms with Gasteiger partial charge in [0.05, 0.1) is 0 Å². The van der Waals surface area contributed by atoms with E-state index >= 15 is 0 Å². The van der Waals surface area contributed by atoms with E-state index in [0.717, 1.165) is 17.8 Å². The predicted molar refractivity (Wildman–Crippen MR) is 74.9 cm³/mol. The fourth-order valence-electron chi connectivity index (χ4n) is 1.97. The fourth-order valence-corrected chi connectivity index (χ4v) is 2.23. The summed E-state index contributed by atoms with van der Waals surface area (Å²) >= 11 is 6.06. The highest BCUT2D eigenvalue weighted by Crippen LogP contribution is 2.24. The Kier molecular flexibility index (Phi) is 4.32. The molecule has 0 amide bonds. The molecule has 0 N–H and O–H groups in total. The van der Waals surface area contributed by atoms with Crippen molar-refractivity contribution in [2.75, 3.05) is 11.9 Å². The lowest BCUT2D eigenvalue weighted by molar-refractivity contribution is 0.607. The molecule has 0 saturated heterocycles. The Morgan fingerprint density at radius 1 is 1.26 bits per heavy atom. The predicted octanol–water partition coefficient (Wildman–Crippen LogP) is 3.47. The Bertz CT molecular complexity index is 574. The first-order valence-corrected chi connectivity index (χ1v) is 6.45. The van der Waals surface area contributed by atoms with Crippen LogP contribution in [0.15, 0.2) is 30.6 Å². The fraction of sp³-hybridized carbons (Fsp3) is 0.286. The van der Waals surface area contributed by atoms with Crippen molar-refractivity contribution in [3.63, 3.8) is 0 Å². The largest absolute Gasteiger partial charge is 0.355 e. The molecule has 1 heterocycles. The Morgan fingerprint density at radius 3 is 2.68 bits per heavy atom. The van der Waals surface area contributed by atoms with Gasteiger partial charge in [0.15, 0.2) is 0 Å². The average Bonchev–Trinajstić information content (AvgIpc) is 2.41. The molecule has 0 atom stereocenters. The first-order valence-electron chi connectivity index (χ1n) is 6.07. The van der Waals surface area contributed by atoms with Crippen molar-refractivity contribution in [2.45, 2.75) is 19.9 Å². The third-order valence-corrected chi connectivity index (χ3v) is 3.28. The van der Waals surface area contributed by atoms with Crippen LogP contribution in [0.3, 0.4) is 0 Å². The quantitative estimate of drug-likeness (QED) is 0.803. The van der Waals surface area contributed by atoms with E-state index in [1.54, 1.807) is 12.1 Å². The maximum Gasteiger partial charge on any atom is 0.137 e. The molecule has 0 radical (unpaired) electrons. The van der Waals surface area contributed by atoms with Crippen LogP contribution in [0.2, 0.25) is 5.15 Å². The van der Waals surface area contributed by atoms with Gasteiger partial charge in [0.1, 0.15) is 23.1 Å². The highest BCUT2D eigenvalue weighted by Gasteiger charge is 2.13. The van der Waals surface area contributed by atoms with E-state index < -0.39 is 0 Å². The second-order valence-electron chi connectivity index (χ2n) is 4.27. The number of nitrogens with zero attached hydrogens (tertiary/aromatic N) is 3. The normalized spacial score (nSPS) is 10.5. The van der Waals surface area contributed by atoms with Crippen LogP contribution in [0.5, 0.6) is 0 Å². The molecule has 0 aliphatic rings. The molecular formula is C14H15ClFN3. The maximum absolute atomic E-state index is 13.6. The van der Waals surface area contributed by atoms with Crippen LogP contribution in [0.1, 0.15) is 18.1 Å². The zero-order chi connectivity index (χ0) is 13.8. The number of anilines is 1. The minimum Gasteiger partial charge on any atom is -0.355 e. The number of halogens is 2. The molecule has 1 aromatic carbocycles. The molecule has 100 valence electrons. The van der Waals surface area contributed by atoms with Gasteiger partial charge in [0.25, 0.3) is 0 Å². The summed E-state index contributed by atoms with van der Waals surface area (Å²) in [5, 5.41) is 0.452. The second-order valence-corrected chi connectivity index (χ2v) is 4.63. The minimum atomic E-state index is -0.215. The van der Waals surface area contributed by atoms with E-state index in [2.05, 4.69) is 9.97 Å². The van der Waals surface area contributed by atoms with Crippen molar-refractivity contribution in [3.8, 4) is 0 Å². The van der Waals surface area contributed by atoms with Crippen LogP contribution in [-0.4, -0.2) is 17.0 Å². The minimum absolute atomic E-state index is 0.215. The number of aromatic nitrogens is 2. The molecule has 0 aliphatic carbocycles. The molecule has 3 nitrogen and oxygen atoms in total. The highest BCUT2D eigenvalue weighted by atomic mass is 35.5. The van der Waals surface area contributed by atoms with Crippen LogP contribution in [0, 0.1) is 5.82 Å². The molecule has 0 bridgehead atoms. The van der Waals surface area contributed by atoms with E-state index in [-0.39, 0.29) is 5.82 Å². The molecule has 0 unspecified atom stereocenters. The number of hydrogen-bond acceptors (Lipinski definition) is 3. The van der Waals surface area contributed by atoms with E-state index in [4.69, 9.17) is 11.6 Å². The van der Waals surface area contributed by atoms with Crippen molar-refractivity contribution in [1.82, 2.24) is 9.97 Å². The van der Waals surface area contributed by atoms with Crippen molar-refractivity contribution in [3.05, 3.63) is 52.7 Å². The molecular weight excluding hydrogens is 265 g/mol. The summed E-state index contributed by atoms with van der Waals surface area (Å²) in [5.41, 5.74) is 1.50. The molecule has 19 heavy (non-hydrogen) atoms. The Morgan fingerprint density at radius 2 is 2.00 bits per heavy atom. The summed E-state index contributed by atoms with van der Waals surface area (Å²) in [6, 6.07) is 6.72. The first kappa shape index (κ1) is 13.7. The molecule has 0 fully saturated rings. The Hall–Kier alpha value is -1.68. The van der Waals surface area contributed by atoms with Gasteiger partial charge in [-0.25, -0.2) is 14.4 Å². The summed E-state index contributed by atoms with van der Waals surface area (Å²) in [6.45, 7) is 2.43. The van der Waals surface area contributed by atoms with Crippen LogP contribution in [0.4, 0.5) is 10.2 Å². The third kappa shape index (κ3) is 3.01. The van der Waals surface area contributed by atoms with Crippen molar-refractivity contribution in [2.24, 2.45) is 0 Å². The zero-order valence-electron chi connectivity index (χ0n) is 10.9. The number of benzene rings is 1. The summed E-state index contributed by atoms with van der Waals surface area (Å²) in [4.78, 5) is 10.1. The lowest BCUT2D eigenvalue weighted by Crippen LogP contribution is -2.20. The molecule has 0 spiro atoms. The number of hydrogen-bond donors (Lipinski definition) is 0. The summed E-state index contributed by atoms with van der Waals surface area (Å²) in [7, 11) is 1.87. The van der Waals surface area contributed by atoms with Crippen molar-refractivity contribution in [1.29, 1.82) is 0 Å². The van der Waals surface area contributed by atoms with Gasteiger partial charge in [-0.2, -0.15) is 0 Å². The SMILES string of the molecule is CCc1c(Cl)ncnc1N(C)Cc1ccccc1F. The lowest BCUT2D eigenvalue weighted by atomic mass is 10.2. The summed E-state index contributed by atoms with van der Waals surface area (Å²) < 4.78 is 13.6. The van der Waals surface area contributed by atoms with E-state index in [1.165, 1.54) is 12.4 Å². The van der Waals surface area contributed by atoms with E-state index in [1.807, 2.05) is 24.9 Å². The van der Waals surface area contributed by atoms with E-state index in [9.17, 15) is 4.39 Å². The maximum atomic E-state index is 13.6. The smallest absolute Gasteiger partial charge is 0.137 e. The Labute approximate surface area is 117 Å². The standard InChI is InChI=1S/C14H15ClFN3/c1-3-11-13(15)17-9-18-14(11)19(2)8-10-6-4-5-7-12(10)16/h4-7,9H,3,8H2,1-2H3. The molecule has 0 aliphatic heterocycles. The van der Waals surface area contributed by atoms with Gasteiger partial charge in [0, 0.05) is 24.7 Å². The van der Waals surface area contributed by atoms with Crippen molar-refractivity contribution < 1.29 is 4.39 Å². The van der Waals surface area contributed by atoms with Crippen LogP contribution in [0.25, 0.3) is 0 Å². The van der Waals surface area contributed by atoms with Crippen LogP contribution in [-0.2, 0) is 13.0 Å². The zero-order valence-corrected chi connectivity index (χ0v) is 11.7. The van der Waals surface area contributed by atoms with Gasteiger partial charge in [-0.1, -0.05) is 36.7 Å². The van der Waals surface area contributed by atoms with Crippen LogP contribution >= 0.6 is 11.6 Å². The number of rotatable bonds is 4. The van der Waals surface area contributed by atoms with Gasteiger partial charge >= 0.3 is 0 Å². The Balaban J connectivity index is 2.28. The molecule has 2 aromatic rings. The lowest BCUT2D eigenvalue weighted by Gasteiger charge is -2.21. The summed E-state index contributed by atoms with van der Waals surface area (Å²) in [5.74, 6) is 0.526. The van der Waals surface area contributed by atoms with E-state index in [0.29, 0.717) is 17.3 Å². The van der Waals surface area contributed by atoms with Gasteiger partial charge in [0.2, 0.25) is 0 Å². The average molecular weight is 280 g/mol. The molecule has 5 heteroatoms. The molecule has 2 rings (SSSR count). The molecule has 0 saturated carbocycles. The van der Waals surface area contributed by atoms with Gasteiger partial charge < -0.3 is 4.90 Å².